The zero-order valence-electron chi connectivity index (χ0n) is 9.67. The van der Waals surface area contributed by atoms with Gasteiger partial charge in [-0.1, -0.05) is 13.8 Å². The molecule has 0 saturated carbocycles. The molecule has 0 bridgehead atoms. The van der Waals surface area contributed by atoms with Crippen molar-refractivity contribution < 1.29 is 4.74 Å². The molecule has 0 aliphatic carbocycles. The Labute approximate surface area is 94.2 Å². The van der Waals surface area contributed by atoms with Crippen LogP contribution in [0.1, 0.15) is 30.9 Å². The van der Waals surface area contributed by atoms with Gasteiger partial charge in [0.25, 0.3) is 5.56 Å². The molecule has 0 aromatic carbocycles. The zero-order valence-corrected chi connectivity index (χ0v) is 9.67. The summed E-state index contributed by atoms with van der Waals surface area (Å²) >= 11 is 0. The Balaban J connectivity index is 2.22. The van der Waals surface area contributed by atoms with Crippen molar-refractivity contribution in [1.29, 1.82) is 0 Å². The maximum atomic E-state index is 11.7. The van der Waals surface area contributed by atoms with Crippen LogP contribution in [-0.4, -0.2) is 22.6 Å². The largest absolute Gasteiger partial charge is 0.376 e. The monoisotopic (exact) mass is 223 g/mol. The highest BCUT2D eigenvalue weighted by Crippen LogP contribution is 2.09. The van der Waals surface area contributed by atoms with Crippen molar-refractivity contribution in [3.05, 3.63) is 27.4 Å². The van der Waals surface area contributed by atoms with Crippen molar-refractivity contribution in [1.82, 2.24) is 15.3 Å². The highest BCUT2D eigenvalue weighted by atomic mass is 16.5. The van der Waals surface area contributed by atoms with Crippen LogP contribution in [-0.2, 0) is 24.3 Å². The summed E-state index contributed by atoms with van der Waals surface area (Å²) in [5, 5.41) is 3.23. The van der Waals surface area contributed by atoms with Crippen LogP contribution in [0.4, 0.5) is 0 Å². The molecular weight excluding hydrogens is 206 g/mol. The molecule has 0 saturated heterocycles. The molecule has 0 radical (unpaired) electrons. The highest BCUT2D eigenvalue weighted by molar-refractivity contribution is 5.19. The summed E-state index contributed by atoms with van der Waals surface area (Å²) < 4.78 is 5.24. The Hall–Kier alpha value is -1.20. The van der Waals surface area contributed by atoms with E-state index in [1.54, 1.807) is 0 Å². The first-order chi connectivity index (χ1) is 7.66. The molecule has 1 aromatic heterocycles. The number of hydrogen-bond donors (Lipinski definition) is 2. The zero-order chi connectivity index (χ0) is 11.5. The lowest BCUT2D eigenvalue weighted by molar-refractivity contribution is 0.107. The number of H-pyrrole nitrogens is 1. The maximum Gasteiger partial charge on any atom is 0.256 e. The molecule has 88 valence electrons. The molecule has 0 atom stereocenters. The second-order valence-electron chi connectivity index (χ2n) is 4.28. The van der Waals surface area contributed by atoms with Crippen molar-refractivity contribution in [3.63, 3.8) is 0 Å². The molecule has 5 heteroatoms. The molecule has 1 aliphatic rings. The van der Waals surface area contributed by atoms with Crippen LogP contribution in [0.25, 0.3) is 0 Å². The molecule has 0 unspecified atom stereocenters. The van der Waals surface area contributed by atoms with E-state index in [1.807, 2.05) is 0 Å². The van der Waals surface area contributed by atoms with Gasteiger partial charge in [0.2, 0.25) is 0 Å². The molecule has 1 aliphatic heterocycles. The Morgan fingerprint density at radius 2 is 2.38 bits per heavy atom. The van der Waals surface area contributed by atoms with Gasteiger partial charge < -0.3 is 15.0 Å². The van der Waals surface area contributed by atoms with E-state index in [1.165, 1.54) is 0 Å². The Bertz CT molecular complexity index is 426. The molecule has 0 spiro atoms. The number of ether oxygens (including phenoxy) is 1. The molecule has 0 amide bonds. The molecule has 1 aromatic rings. The lowest BCUT2D eigenvalue weighted by Crippen LogP contribution is -2.29. The first kappa shape index (κ1) is 11.3. The molecular formula is C11H17N3O2. The topological polar surface area (TPSA) is 67.0 Å². The van der Waals surface area contributed by atoms with Crippen molar-refractivity contribution in [3.8, 4) is 0 Å². The summed E-state index contributed by atoms with van der Waals surface area (Å²) in [4.78, 5) is 19.0. The number of hydrogen-bond acceptors (Lipinski definition) is 4. The fourth-order valence-corrected chi connectivity index (χ4v) is 1.68. The van der Waals surface area contributed by atoms with Crippen LogP contribution in [0.5, 0.6) is 0 Å². The molecule has 5 nitrogen and oxygen atoms in total. The SMILES string of the molecule is CC(C)NCc1nc2c(c(=O)[nH]1)COCC2. The number of aromatic amines is 1. The van der Waals surface area contributed by atoms with Gasteiger partial charge in [-0.25, -0.2) is 4.98 Å². The predicted molar refractivity (Wildman–Crippen MR) is 60.2 cm³/mol. The first-order valence-corrected chi connectivity index (χ1v) is 5.59. The van der Waals surface area contributed by atoms with Gasteiger partial charge in [0.05, 0.1) is 31.0 Å². The van der Waals surface area contributed by atoms with Gasteiger partial charge in [-0.05, 0) is 0 Å². The Morgan fingerprint density at radius 3 is 3.12 bits per heavy atom. The van der Waals surface area contributed by atoms with Crippen molar-refractivity contribution in [2.24, 2.45) is 0 Å². The van der Waals surface area contributed by atoms with E-state index in [-0.39, 0.29) is 5.56 Å². The third kappa shape index (κ3) is 2.48. The standard InChI is InChI=1S/C11H17N3O2/c1-7(2)12-5-10-13-9-3-4-16-6-8(9)11(15)14-10/h7,12H,3-6H2,1-2H3,(H,13,14,15). The molecule has 2 rings (SSSR count). The number of aromatic nitrogens is 2. The smallest absolute Gasteiger partial charge is 0.256 e. The minimum Gasteiger partial charge on any atom is -0.376 e. The van der Waals surface area contributed by atoms with E-state index in [0.29, 0.717) is 37.2 Å². The fraction of sp³-hybridized carbons (Fsp3) is 0.636. The minimum atomic E-state index is -0.0646. The molecule has 2 N–H and O–H groups in total. The summed E-state index contributed by atoms with van der Waals surface area (Å²) in [6.07, 6.45) is 0.730. The molecule has 2 heterocycles. The van der Waals surface area contributed by atoms with Gasteiger partial charge in [0.1, 0.15) is 5.82 Å². The number of rotatable bonds is 3. The first-order valence-electron chi connectivity index (χ1n) is 5.59. The highest BCUT2D eigenvalue weighted by Gasteiger charge is 2.15. The van der Waals surface area contributed by atoms with Gasteiger partial charge in [-0.3, -0.25) is 4.79 Å². The normalized spacial score (nSPS) is 15.2. The number of nitrogens with zero attached hydrogens (tertiary/aromatic N) is 1. The Kier molecular flexibility index (Phi) is 3.36. The number of fused-ring (bicyclic) bond motifs is 1. The van der Waals surface area contributed by atoms with Crippen LogP contribution in [0.3, 0.4) is 0 Å². The van der Waals surface area contributed by atoms with Crippen LogP contribution in [0.15, 0.2) is 4.79 Å². The predicted octanol–water partition coefficient (Wildman–Crippen LogP) is 0.341. The second-order valence-corrected chi connectivity index (χ2v) is 4.28. The van der Waals surface area contributed by atoms with Gasteiger partial charge in [-0.15, -0.1) is 0 Å². The van der Waals surface area contributed by atoms with Gasteiger partial charge in [0, 0.05) is 12.5 Å². The van der Waals surface area contributed by atoms with Gasteiger partial charge in [0.15, 0.2) is 0 Å². The van der Waals surface area contributed by atoms with Crippen molar-refractivity contribution in [2.45, 2.75) is 39.5 Å². The average Bonchev–Trinajstić information content (AvgIpc) is 2.26. The summed E-state index contributed by atoms with van der Waals surface area (Å²) in [5.74, 6) is 0.708. The van der Waals surface area contributed by atoms with Gasteiger partial charge in [-0.2, -0.15) is 0 Å². The maximum absolute atomic E-state index is 11.7. The quantitative estimate of drug-likeness (QED) is 0.775. The van der Waals surface area contributed by atoms with E-state index in [2.05, 4.69) is 29.1 Å². The van der Waals surface area contributed by atoms with E-state index in [0.717, 1.165) is 12.1 Å². The van der Waals surface area contributed by atoms with Crippen LogP contribution < -0.4 is 10.9 Å². The fourth-order valence-electron chi connectivity index (χ4n) is 1.68. The van der Waals surface area contributed by atoms with Crippen LogP contribution >= 0.6 is 0 Å². The lowest BCUT2D eigenvalue weighted by atomic mass is 10.1. The molecule has 16 heavy (non-hydrogen) atoms. The van der Waals surface area contributed by atoms with E-state index < -0.39 is 0 Å². The minimum absolute atomic E-state index is 0.0646. The third-order valence-electron chi connectivity index (χ3n) is 2.56. The van der Waals surface area contributed by atoms with Crippen LogP contribution in [0.2, 0.25) is 0 Å². The Morgan fingerprint density at radius 1 is 1.56 bits per heavy atom. The van der Waals surface area contributed by atoms with Crippen LogP contribution in [0, 0.1) is 0 Å². The van der Waals surface area contributed by atoms with E-state index in [4.69, 9.17) is 4.74 Å². The summed E-state index contributed by atoms with van der Waals surface area (Å²) in [6.45, 7) is 5.76. The summed E-state index contributed by atoms with van der Waals surface area (Å²) in [5.41, 5.74) is 1.50. The third-order valence-corrected chi connectivity index (χ3v) is 2.56. The van der Waals surface area contributed by atoms with E-state index in [9.17, 15) is 4.79 Å². The summed E-state index contributed by atoms with van der Waals surface area (Å²) in [6, 6.07) is 0.379. The van der Waals surface area contributed by atoms with Crippen molar-refractivity contribution in [2.75, 3.05) is 6.61 Å². The summed E-state index contributed by atoms with van der Waals surface area (Å²) in [7, 11) is 0. The van der Waals surface area contributed by atoms with Crippen molar-refractivity contribution >= 4 is 0 Å². The van der Waals surface area contributed by atoms with Gasteiger partial charge >= 0.3 is 0 Å². The van der Waals surface area contributed by atoms with E-state index >= 15 is 0 Å². The molecule has 0 fully saturated rings. The average molecular weight is 223 g/mol. The lowest BCUT2D eigenvalue weighted by Gasteiger charge is -2.15. The second kappa shape index (κ2) is 4.76. The number of nitrogens with one attached hydrogen (secondary N) is 2.